The second kappa shape index (κ2) is 5.90. The lowest BCUT2D eigenvalue weighted by Gasteiger charge is -2.13. The van der Waals surface area contributed by atoms with Gasteiger partial charge in [0.05, 0.1) is 18.9 Å². The molecule has 90 valence electrons. The van der Waals surface area contributed by atoms with Gasteiger partial charge in [0.25, 0.3) is 0 Å². The fraction of sp³-hybridized carbons (Fsp3) is 0.385. The fourth-order valence-corrected chi connectivity index (χ4v) is 1.41. The molecule has 0 saturated heterocycles. The van der Waals surface area contributed by atoms with Crippen LogP contribution in [-0.4, -0.2) is 13.0 Å². The number of methoxy groups -OCH3 is 1. The van der Waals surface area contributed by atoms with Gasteiger partial charge in [-0.2, -0.15) is 5.26 Å². The van der Waals surface area contributed by atoms with E-state index in [1.54, 1.807) is 20.1 Å². The summed E-state index contributed by atoms with van der Waals surface area (Å²) in [6, 6.07) is 7.54. The van der Waals surface area contributed by atoms with Gasteiger partial charge in [-0.1, -0.05) is 13.0 Å². The molecule has 1 amide bonds. The van der Waals surface area contributed by atoms with Crippen LogP contribution in [0.25, 0.3) is 0 Å². The molecule has 1 aromatic carbocycles. The van der Waals surface area contributed by atoms with Crippen LogP contribution in [0.3, 0.4) is 0 Å². The summed E-state index contributed by atoms with van der Waals surface area (Å²) in [5.41, 5.74) is 1.68. The van der Waals surface area contributed by atoms with E-state index in [1.807, 2.05) is 25.1 Å². The molecule has 0 aliphatic heterocycles. The standard InChI is InChI=1S/C13H16N2O2/c1-9-4-5-12(17-3)11(8-9)15-13(16)10(2)6-7-14/h4-5,8,10H,6H2,1-3H3,(H,15,16). The van der Waals surface area contributed by atoms with Crippen LogP contribution < -0.4 is 10.1 Å². The predicted molar refractivity (Wildman–Crippen MR) is 65.8 cm³/mol. The second-order valence-corrected chi connectivity index (χ2v) is 3.96. The van der Waals surface area contributed by atoms with Crippen LogP contribution in [-0.2, 0) is 4.79 Å². The molecule has 0 heterocycles. The summed E-state index contributed by atoms with van der Waals surface area (Å²) in [5.74, 6) is 0.119. The highest BCUT2D eigenvalue weighted by Crippen LogP contribution is 2.25. The van der Waals surface area contributed by atoms with E-state index < -0.39 is 0 Å². The molecule has 1 unspecified atom stereocenters. The molecule has 1 atom stereocenters. The first-order chi connectivity index (χ1) is 8.08. The summed E-state index contributed by atoms with van der Waals surface area (Å²) in [6.45, 7) is 3.66. The molecule has 0 aromatic heterocycles. The van der Waals surface area contributed by atoms with Gasteiger partial charge in [0.2, 0.25) is 5.91 Å². The summed E-state index contributed by atoms with van der Waals surface area (Å²) in [4.78, 5) is 11.8. The number of carbonyl (C=O) groups excluding carboxylic acids is 1. The lowest BCUT2D eigenvalue weighted by Crippen LogP contribution is -2.20. The Balaban J connectivity index is 2.84. The quantitative estimate of drug-likeness (QED) is 0.867. The fourth-order valence-electron chi connectivity index (χ4n) is 1.41. The molecule has 0 saturated carbocycles. The number of benzene rings is 1. The smallest absolute Gasteiger partial charge is 0.228 e. The minimum atomic E-state index is -0.329. The van der Waals surface area contributed by atoms with Crippen LogP contribution in [0.1, 0.15) is 18.9 Å². The Morgan fingerprint density at radius 2 is 2.29 bits per heavy atom. The van der Waals surface area contributed by atoms with Crippen LogP contribution in [0.5, 0.6) is 5.75 Å². The molecule has 0 aliphatic carbocycles. The maximum absolute atomic E-state index is 11.8. The van der Waals surface area contributed by atoms with Gasteiger partial charge in [0.1, 0.15) is 5.75 Å². The maximum Gasteiger partial charge on any atom is 0.228 e. The second-order valence-electron chi connectivity index (χ2n) is 3.96. The lowest BCUT2D eigenvalue weighted by molar-refractivity contribution is -0.119. The summed E-state index contributed by atoms with van der Waals surface area (Å²) >= 11 is 0. The highest BCUT2D eigenvalue weighted by molar-refractivity contribution is 5.94. The molecule has 4 heteroatoms. The first kappa shape index (κ1) is 13.0. The van der Waals surface area contributed by atoms with Crippen LogP contribution >= 0.6 is 0 Å². The topological polar surface area (TPSA) is 62.1 Å². The molecule has 0 radical (unpaired) electrons. The number of hydrogen-bond donors (Lipinski definition) is 1. The van der Waals surface area contributed by atoms with E-state index in [-0.39, 0.29) is 18.2 Å². The zero-order valence-corrected chi connectivity index (χ0v) is 10.3. The number of aryl methyl sites for hydroxylation is 1. The van der Waals surface area contributed by atoms with Crippen molar-refractivity contribution in [1.29, 1.82) is 5.26 Å². The molecule has 1 rings (SSSR count). The van der Waals surface area contributed by atoms with E-state index in [1.165, 1.54) is 0 Å². The summed E-state index contributed by atoms with van der Waals surface area (Å²) in [6.07, 6.45) is 0.208. The molecule has 0 fully saturated rings. The maximum atomic E-state index is 11.8. The minimum absolute atomic E-state index is 0.171. The van der Waals surface area contributed by atoms with E-state index >= 15 is 0 Å². The SMILES string of the molecule is COc1ccc(C)cc1NC(=O)C(C)CC#N. The minimum Gasteiger partial charge on any atom is -0.495 e. The average molecular weight is 232 g/mol. The van der Waals surface area contributed by atoms with Gasteiger partial charge >= 0.3 is 0 Å². The number of nitrogens with one attached hydrogen (secondary N) is 1. The van der Waals surface area contributed by atoms with Crippen LogP contribution in [0.15, 0.2) is 18.2 Å². The van der Waals surface area contributed by atoms with Gasteiger partial charge in [0.15, 0.2) is 0 Å². The number of rotatable bonds is 4. The van der Waals surface area contributed by atoms with Crippen molar-refractivity contribution < 1.29 is 9.53 Å². The summed E-state index contributed by atoms with van der Waals surface area (Å²) in [5, 5.41) is 11.3. The zero-order valence-electron chi connectivity index (χ0n) is 10.3. The average Bonchev–Trinajstić information content (AvgIpc) is 2.29. The van der Waals surface area contributed by atoms with Gasteiger partial charge in [0, 0.05) is 12.3 Å². The molecule has 4 nitrogen and oxygen atoms in total. The molecule has 17 heavy (non-hydrogen) atoms. The van der Waals surface area contributed by atoms with Gasteiger partial charge in [-0.25, -0.2) is 0 Å². The van der Waals surface area contributed by atoms with Crippen LogP contribution in [0.4, 0.5) is 5.69 Å². The number of nitrogens with zero attached hydrogens (tertiary/aromatic N) is 1. The first-order valence-electron chi connectivity index (χ1n) is 5.41. The summed E-state index contributed by atoms with van der Waals surface area (Å²) in [7, 11) is 1.55. The van der Waals surface area contributed by atoms with Crippen LogP contribution in [0, 0.1) is 24.2 Å². The van der Waals surface area contributed by atoms with E-state index in [9.17, 15) is 4.79 Å². The summed E-state index contributed by atoms with van der Waals surface area (Å²) < 4.78 is 5.16. The first-order valence-corrected chi connectivity index (χ1v) is 5.41. The van der Waals surface area contributed by atoms with Crippen molar-refractivity contribution >= 4 is 11.6 Å². The largest absolute Gasteiger partial charge is 0.495 e. The van der Waals surface area contributed by atoms with Gasteiger partial charge in [-0.05, 0) is 24.6 Å². The van der Waals surface area contributed by atoms with Crippen molar-refractivity contribution in [1.82, 2.24) is 0 Å². The van der Waals surface area contributed by atoms with Crippen molar-refractivity contribution in [2.24, 2.45) is 5.92 Å². The van der Waals surface area contributed by atoms with E-state index in [2.05, 4.69) is 5.32 Å². The van der Waals surface area contributed by atoms with Crippen molar-refractivity contribution in [2.45, 2.75) is 20.3 Å². The molecule has 0 aliphatic rings. The Morgan fingerprint density at radius 3 is 2.88 bits per heavy atom. The van der Waals surface area contributed by atoms with Crippen molar-refractivity contribution in [3.05, 3.63) is 23.8 Å². The van der Waals surface area contributed by atoms with Crippen molar-refractivity contribution in [3.63, 3.8) is 0 Å². The van der Waals surface area contributed by atoms with Gasteiger partial charge in [-0.3, -0.25) is 4.79 Å². The monoisotopic (exact) mass is 232 g/mol. The normalized spacial score (nSPS) is 11.4. The van der Waals surface area contributed by atoms with Crippen molar-refractivity contribution in [2.75, 3.05) is 12.4 Å². The highest BCUT2D eigenvalue weighted by atomic mass is 16.5. The number of hydrogen-bond acceptors (Lipinski definition) is 3. The van der Waals surface area contributed by atoms with Gasteiger partial charge in [-0.15, -0.1) is 0 Å². The Kier molecular flexibility index (Phi) is 4.53. The number of ether oxygens (including phenoxy) is 1. The third kappa shape index (κ3) is 3.49. The number of nitriles is 1. The predicted octanol–water partition coefficient (Wildman–Crippen LogP) is 2.49. The zero-order chi connectivity index (χ0) is 12.8. The third-order valence-electron chi connectivity index (χ3n) is 2.46. The molecule has 1 aromatic rings. The van der Waals surface area contributed by atoms with Crippen molar-refractivity contribution in [3.8, 4) is 11.8 Å². The molecular weight excluding hydrogens is 216 g/mol. The molecule has 0 spiro atoms. The number of anilines is 1. The number of carbonyl (C=O) groups is 1. The van der Waals surface area contributed by atoms with E-state index in [0.29, 0.717) is 11.4 Å². The molecule has 0 bridgehead atoms. The molecule has 1 N–H and O–H groups in total. The van der Waals surface area contributed by atoms with Crippen LogP contribution in [0.2, 0.25) is 0 Å². The molecular formula is C13H16N2O2. The Labute approximate surface area is 101 Å². The van der Waals surface area contributed by atoms with E-state index in [4.69, 9.17) is 10.00 Å². The Hall–Kier alpha value is -2.02. The van der Waals surface area contributed by atoms with Gasteiger partial charge < -0.3 is 10.1 Å². The van der Waals surface area contributed by atoms with E-state index in [0.717, 1.165) is 5.56 Å². The number of amides is 1. The Bertz CT molecular complexity index is 449. The third-order valence-corrected chi connectivity index (χ3v) is 2.46. The lowest BCUT2D eigenvalue weighted by atomic mass is 10.1. The highest BCUT2D eigenvalue weighted by Gasteiger charge is 2.14. The Morgan fingerprint density at radius 1 is 1.59 bits per heavy atom.